The van der Waals surface area contributed by atoms with E-state index in [1.807, 2.05) is 6.07 Å². The van der Waals surface area contributed by atoms with Gasteiger partial charge in [-0.15, -0.1) is 0 Å². The van der Waals surface area contributed by atoms with E-state index in [1.165, 1.54) is 0 Å². The molecule has 0 aliphatic heterocycles. The summed E-state index contributed by atoms with van der Waals surface area (Å²) in [5.74, 6) is 0.322. The Balaban J connectivity index is 0.000000292. The zero-order valence-corrected chi connectivity index (χ0v) is 12.0. The van der Waals surface area contributed by atoms with E-state index in [2.05, 4.69) is 0 Å². The summed E-state index contributed by atoms with van der Waals surface area (Å²) in [6.45, 7) is 0. The Bertz CT molecular complexity index is 449. The van der Waals surface area contributed by atoms with Gasteiger partial charge in [-0.05, 0) is 30.3 Å². The fourth-order valence-electron chi connectivity index (χ4n) is 0.898. The van der Waals surface area contributed by atoms with E-state index in [9.17, 15) is 0 Å². The van der Waals surface area contributed by atoms with Gasteiger partial charge in [0.1, 0.15) is 5.75 Å². The standard InChI is InChI=1S/C6H3Cl3.C6H6O.H2S/c7-4-1-2-5(8)6(9)3-4;7-6-4-2-1-3-5-6;/h1-3H;1-5,7H;1H2. The van der Waals surface area contributed by atoms with Crippen LogP contribution in [0.3, 0.4) is 0 Å². The smallest absolute Gasteiger partial charge is 0.115 e. The lowest BCUT2D eigenvalue weighted by atomic mass is 10.3. The van der Waals surface area contributed by atoms with Gasteiger partial charge in [0.25, 0.3) is 0 Å². The van der Waals surface area contributed by atoms with Crippen molar-refractivity contribution in [1.82, 2.24) is 0 Å². The Morgan fingerprint density at radius 1 is 0.765 bits per heavy atom. The van der Waals surface area contributed by atoms with Crippen LogP contribution in [0, 0.1) is 0 Å². The van der Waals surface area contributed by atoms with Gasteiger partial charge < -0.3 is 5.11 Å². The minimum absolute atomic E-state index is 0. The maximum absolute atomic E-state index is 8.63. The van der Waals surface area contributed by atoms with E-state index >= 15 is 0 Å². The maximum Gasteiger partial charge on any atom is 0.115 e. The quantitative estimate of drug-likeness (QED) is 0.667. The predicted octanol–water partition coefficient (Wildman–Crippen LogP) is 5.15. The molecule has 0 radical (unpaired) electrons. The van der Waals surface area contributed by atoms with Crippen LogP contribution in [0.25, 0.3) is 0 Å². The summed E-state index contributed by atoms with van der Waals surface area (Å²) < 4.78 is 0. The van der Waals surface area contributed by atoms with Crippen molar-refractivity contribution in [2.75, 3.05) is 0 Å². The number of phenolic OH excluding ortho intramolecular Hbond substituents is 1. The Morgan fingerprint density at radius 3 is 1.71 bits per heavy atom. The molecule has 2 rings (SSSR count). The minimum Gasteiger partial charge on any atom is -0.508 e. The number of phenols is 1. The van der Waals surface area contributed by atoms with Crippen LogP contribution < -0.4 is 0 Å². The summed E-state index contributed by atoms with van der Waals surface area (Å²) in [4.78, 5) is 0. The van der Waals surface area contributed by atoms with Gasteiger partial charge >= 0.3 is 0 Å². The van der Waals surface area contributed by atoms with Crippen LogP contribution in [0.5, 0.6) is 5.75 Å². The summed E-state index contributed by atoms with van der Waals surface area (Å²) in [7, 11) is 0. The van der Waals surface area contributed by atoms with Crippen molar-refractivity contribution in [2.24, 2.45) is 0 Å². The van der Waals surface area contributed by atoms with Crippen LogP contribution in [0.1, 0.15) is 0 Å². The molecule has 2 aromatic carbocycles. The lowest BCUT2D eigenvalue weighted by Crippen LogP contribution is -1.66. The first-order valence-electron chi connectivity index (χ1n) is 4.44. The predicted molar refractivity (Wildman–Crippen MR) is 80.0 cm³/mol. The van der Waals surface area contributed by atoms with E-state index in [0.29, 0.717) is 20.8 Å². The van der Waals surface area contributed by atoms with E-state index in [4.69, 9.17) is 39.9 Å². The molecule has 0 amide bonds. The maximum atomic E-state index is 8.63. The second-order valence-electron chi connectivity index (χ2n) is 2.89. The van der Waals surface area contributed by atoms with Crippen molar-refractivity contribution in [3.63, 3.8) is 0 Å². The zero-order valence-electron chi connectivity index (χ0n) is 8.70. The average Bonchev–Trinajstić information content (AvgIpc) is 2.26. The van der Waals surface area contributed by atoms with E-state index in [0.717, 1.165) is 0 Å². The molecular formula is C12H11Cl3OS. The van der Waals surface area contributed by atoms with Crippen LogP contribution in [0.2, 0.25) is 15.1 Å². The summed E-state index contributed by atoms with van der Waals surface area (Å²) in [6, 6.07) is 13.7. The number of para-hydroxylation sites is 1. The first kappa shape index (κ1) is 16.5. The normalized spacial score (nSPS) is 8.65. The molecule has 0 fully saturated rings. The van der Waals surface area contributed by atoms with E-state index < -0.39 is 0 Å². The highest BCUT2D eigenvalue weighted by molar-refractivity contribution is 7.59. The van der Waals surface area contributed by atoms with Gasteiger partial charge in [0.05, 0.1) is 10.0 Å². The van der Waals surface area contributed by atoms with Crippen molar-refractivity contribution in [3.05, 3.63) is 63.6 Å². The molecule has 0 atom stereocenters. The number of hydrogen-bond donors (Lipinski definition) is 1. The van der Waals surface area contributed by atoms with Gasteiger partial charge in [-0.25, -0.2) is 0 Å². The third-order valence-corrected chi connectivity index (χ3v) is 2.61. The molecule has 0 aliphatic carbocycles. The van der Waals surface area contributed by atoms with Crippen LogP contribution in [-0.4, -0.2) is 5.11 Å². The average molecular weight is 310 g/mol. The van der Waals surface area contributed by atoms with Gasteiger partial charge in [-0.1, -0.05) is 53.0 Å². The van der Waals surface area contributed by atoms with Gasteiger partial charge in [0, 0.05) is 5.02 Å². The molecule has 0 saturated carbocycles. The third-order valence-electron chi connectivity index (χ3n) is 1.64. The molecule has 0 aliphatic rings. The Labute approximate surface area is 122 Å². The molecule has 2 aromatic rings. The van der Waals surface area contributed by atoms with Crippen molar-refractivity contribution in [3.8, 4) is 5.75 Å². The number of halogens is 3. The lowest BCUT2D eigenvalue weighted by molar-refractivity contribution is 0.475. The fraction of sp³-hybridized carbons (Fsp3) is 0. The van der Waals surface area contributed by atoms with Crippen molar-refractivity contribution < 1.29 is 5.11 Å². The zero-order chi connectivity index (χ0) is 12.0. The Morgan fingerprint density at radius 2 is 1.35 bits per heavy atom. The van der Waals surface area contributed by atoms with Crippen LogP contribution in [0.15, 0.2) is 48.5 Å². The van der Waals surface area contributed by atoms with E-state index in [-0.39, 0.29) is 13.5 Å². The summed E-state index contributed by atoms with van der Waals surface area (Å²) >= 11 is 16.8. The van der Waals surface area contributed by atoms with Crippen molar-refractivity contribution in [2.45, 2.75) is 0 Å². The summed E-state index contributed by atoms with van der Waals surface area (Å²) in [5.41, 5.74) is 0. The molecule has 0 aromatic heterocycles. The van der Waals surface area contributed by atoms with Crippen LogP contribution >= 0.6 is 48.3 Å². The fourth-order valence-corrected chi connectivity index (χ4v) is 1.42. The number of aromatic hydroxyl groups is 1. The lowest BCUT2D eigenvalue weighted by Gasteiger charge is -1.92. The molecule has 5 heteroatoms. The topological polar surface area (TPSA) is 20.2 Å². The number of rotatable bonds is 0. The SMILES string of the molecule is Clc1ccc(Cl)c(Cl)c1.Oc1ccccc1.S. The molecule has 0 heterocycles. The monoisotopic (exact) mass is 308 g/mol. The Kier molecular flexibility index (Phi) is 8.26. The molecule has 1 N–H and O–H groups in total. The third kappa shape index (κ3) is 6.69. The number of benzene rings is 2. The first-order valence-corrected chi connectivity index (χ1v) is 5.57. The van der Waals surface area contributed by atoms with Crippen molar-refractivity contribution >= 4 is 48.3 Å². The van der Waals surface area contributed by atoms with Crippen molar-refractivity contribution in [1.29, 1.82) is 0 Å². The molecule has 0 unspecified atom stereocenters. The van der Waals surface area contributed by atoms with Gasteiger partial charge in [-0.2, -0.15) is 13.5 Å². The second kappa shape index (κ2) is 8.54. The second-order valence-corrected chi connectivity index (χ2v) is 4.14. The molecule has 92 valence electrons. The van der Waals surface area contributed by atoms with Gasteiger partial charge in [0.2, 0.25) is 0 Å². The van der Waals surface area contributed by atoms with Crippen LogP contribution in [0.4, 0.5) is 0 Å². The van der Waals surface area contributed by atoms with Gasteiger partial charge in [-0.3, -0.25) is 0 Å². The number of hydrogen-bond acceptors (Lipinski definition) is 1. The minimum atomic E-state index is 0. The largest absolute Gasteiger partial charge is 0.508 e. The molecule has 0 spiro atoms. The highest BCUT2D eigenvalue weighted by Crippen LogP contribution is 2.24. The first-order chi connectivity index (χ1) is 7.59. The molecule has 0 saturated heterocycles. The Hall–Kier alpha value is -0.540. The van der Waals surface area contributed by atoms with E-state index in [1.54, 1.807) is 42.5 Å². The molecule has 1 nitrogen and oxygen atoms in total. The molecule has 0 bridgehead atoms. The molecule has 17 heavy (non-hydrogen) atoms. The van der Waals surface area contributed by atoms with Gasteiger partial charge in [0.15, 0.2) is 0 Å². The highest BCUT2D eigenvalue weighted by atomic mass is 35.5. The highest BCUT2D eigenvalue weighted by Gasteiger charge is 1.94. The molecular weight excluding hydrogens is 299 g/mol. The summed E-state index contributed by atoms with van der Waals surface area (Å²) in [6.07, 6.45) is 0. The summed E-state index contributed by atoms with van der Waals surface area (Å²) in [5, 5.41) is 10.3. The van der Waals surface area contributed by atoms with Crippen LogP contribution in [-0.2, 0) is 0 Å².